The molecule has 12 heteroatoms. The molecule has 1 unspecified atom stereocenters. The van der Waals surface area contributed by atoms with Crippen molar-refractivity contribution in [2.75, 3.05) is 39.2 Å². The maximum Gasteiger partial charge on any atom is 0.527 e. The number of benzene rings is 2. The second-order valence-electron chi connectivity index (χ2n) is 15.2. The fourth-order valence-electron chi connectivity index (χ4n) is 8.62. The molecule has 51 heavy (non-hydrogen) atoms. The summed E-state index contributed by atoms with van der Waals surface area (Å²) >= 11 is 6.24. The van der Waals surface area contributed by atoms with Gasteiger partial charge in [-0.1, -0.05) is 37.6 Å². The van der Waals surface area contributed by atoms with Crippen LogP contribution in [0.1, 0.15) is 87.1 Å². The van der Waals surface area contributed by atoms with Crippen LogP contribution in [-0.2, 0) is 32.1 Å². The second-order valence-corrected chi connectivity index (χ2v) is 17.0. The van der Waals surface area contributed by atoms with Gasteiger partial charge in [-0.3, -0.25) is 14.4 Å². The quantitative estimate of drug-likeness (QED) is 0.168. The maximum absolute atomic E-state index is 12.9. The Labute approximate surface area is 306 Å². The summed E-state index contributed by atoms with van der Waals surface area (Å²) in [5.41, 5.74) is 3.53. The fraction of sp³-hybridized carbons (Fsp3) is 0.538. The number of pyridine rings is 1. The Balaban J connectivity index is 1.24. The zero-order chi connectivity index (χ0) is 36.4. The normalized spacial score (nSPS) is 25.9. The molecule has 276 valence electrons. The van der Waals surface area contributed by atoms with E-state index in [0.29, 0.717) is 55.5 Å². The number of likely N-dealkylation sites (N-methyl/N-ethyl adjacent to an activating group) is 1. The predicted octanol–water partition coefficient (Wildman–Crippen LogP) is 6.92. The molecule has 0 bridgehead atoms. The van der Waals surface area contributed by atoms with Crippen LogP contribution in [0.25, 0.3) is 0 Å². The number of phosphoric ester groups is 1. The van der Waals surface area contributed by atoms with Crippen molar-refractivity contribution in [2.45, 2.75) is 88.5 Å². The Hall–Kier alpha value is -3.14. The van der Waals surface area contributed by atoms with Crippen molar-refractivity contribution in [2.24, 2.45) is 11.8 Å². The molecular weight excluding hydrogens is 689 g/mol. The molecule has 2 N–H and O–H groups in total. The number of aromatic nitrogens is 1. The van der Waals surface area contributed by atoms with E-state index in [4.69, 9.17) is 25.4 Å². The van der Waals surface area contributed by atoms with Gasteiger partial charge in [-0.15, -0.1) is 0 Å². The first kappa shape index (κ1) is 37.6. The lowest BCUT2D eigenvalue weighted by atomic mass is 9.59. The van der Waals surface area contributed by atoms with Crippen LogP contribution >= 0.6 is 19.4 Å². The number of anilines is 1. The summed E-state index contributed by atoms with van der Waals surface area (Å²) < 4.78 is 30.2. The molecule has 2 aromatic carbocycles. The number of hydrogen-bond acceptors (Lipinski definition) is 9. The molecule has 1 aromatic heterocycles. The number of nitrogens with one attached hydrogen (secondary N) is 1. The van der Waals surface area contributed by atoms with Crippen molar-refractivity contribution < 1.29 is 33.1 Å². The van der Waals surface area contributed by atoms with E-state index in [-0.39, 0.29) is 29.6 Å². The molecule has 1 heterocycles. The van der Waals surface area contributed by atoms with Gasteiger partial charge in [-0.05, 0) is 143 Å². The van der Waals surface area contributed by atoms with Gasteiger partial charge in [0.2, 0.25) is 0 Å². The number of carboxylic acid groups (broad SMARTS) is 1. The van der Waals surface area contributed by atoms with Crippen LogP contribution in [0.3, 0.4) is 0 Å². The first-order valence-electron chi connectivity index (χ1n) is 18.1. The molecule has 0 aliphatic heterocycles. The number of ether oxygens (including phenoxy) is 1. The van der Waals surface area contributed by atoms with E-state index in [1.165, 1.54) is 5.56 Å². The number of hydrogen-bond donors (Lipinski definition) is 2. The number of halogens is 1. The van der Waals surface area contributed by atoms with Crippen molar-refractivity contribution in [3.8, 4) is 11.5 Å². The van der Waals surface area contributed by atoms with Crippen LogP contribution in [0.5, 0.6) is 11.5 Å². The van der Waals surface area contributed by atoms with Gasteiger partial charge in [0.25, 0.3) is 0 Å². The first-order chi connectivity index (χ1) is 24.3. The summed E-state index contributed by atoms with van der Waals surface area (Å²) in [6, 6.07) is 14.6. The van der Waals surface area contributed by atoms with E-state index in [2.05, 4.69) is 24.1 Å². The molecule has 3 aromatic rings. The van der Waals surface area contributed by atoms with Crippen LogP contribution in [-0.4, -0.2) is 60.1 Å². The largest absolute Gasteiger partial charge is 0.548 e. The van der Waals surface area contributed by atoms with Gasteiger partial charge in [0, 0.05) is 34.7 Å². The summed E-state index contributed by atoms with van der Waals surface area (Å²) in [5.74, 6) is 0.851. The van der Waals surface area contributed by atoms with Gasteiger partial charge >= 0.3 is 7.82 Å². The van der Waals surface area contributed by atoms with E-state index in [0.717, 1.165) is 54.7 Å². The van der Waals surface area contributed by atoms with Crippen molar-refractivity contribution in [3.05, 3.63) is 82.1 Å². The van der Waals surface area contributed by atoms with Gasteiger partial charge in [0.1, 0.15) is 11.5 Å². The molecule has 1 spiro atoms. The van der Waals surface area contributed by atoms with E-state index < -0.39 is 19.3 Å². The number of aryl methyl sites for hydroxylation is 1. The number of carbonyl (C=O) groups is 1. The lowest BCUT2D eigenvalue weighted by Gasteiger charge is -2.49. The minimum atomic E-state index is -4.37. The summed E-state index contributed by atoms with van der Waals surface area (Å²) in [6.07, 6.45) is 8.59. The average molecular weight is 739 g/mol. The Bertz CT molecular complexity index is 1760. The number of carbonyl (C=O) groups excluding carboxylic acids is 1. The highest BCUT2D eigenvalue weighted by Crippen LogP contribution is 2.57. The average Bonchev–Trinajstić information content (AvgIpc) is 3.35. The minimum absolute atomic E-state index is 0.0455. The lowest BCUT2D eigenvalue weighted by Crippen LogP contribution is -2.58. The predicted molar refractivity (Wildman–Crippen MR) is 196 cm³/mol. The van der Waals surface area contributed by atoms with Crippen LogP contribution in [0.15, 0.2) is 54.7 Å². The molecule has 1 saturated carbocycles. The molecule has 6 rings (SSSR count). The zero-order valence-electron chi connectivity index (χ0n) is 30.0. The van der Waals surface area contributed by atoms with E-state index in [9.17, 15) is 19.4 Å². The highest BCUT2D eigenvalue weighted by Gasteiger charge is 2.52. The number of phosphoric acid groups is 1. The molecule has 0 amide bonds. The summed E-state index contributed by atoms with van der Waals surface area (Å²) in [5, 5.41) is 16.6. The third-order valence-corrected chi connectivity index (χ3v) is 12.4. The zero-order valence-corrected chi connectivity index (χ0v) is 31.7. The van der Waals surface area contributed by atoms with Gasteiger partial charge in [0.15, 0.2) is 0 Å². The summed E-state index contributed by atoms with van der Waals surface area (Å²) in [7, 11) is -0.661. The minimum Gasteiger partial charge on any atom is -0.548 e. The maximum atomic E-state index is 12.9. The number of aliphatic carboxylic acids is 1. The Morgan fingerprint density at radius 3 is 2.69 bits per heavy atom. The Morgan fingerprint density at radius 1 is 1.18 bits per heavy atom. The van der Waals surface area contributed by atoms with Crippen LogP contribution in [0.2, 0.25) is 5.02 Å². The first-order valence-corrected chi connectivity index (χ1v) is 20.0. The van der Waals surface area contributed by atoms with Gasteiger partial charge in [-0.2, -0.15) is 0 Å². The molecule has 3 aliphatic rings. The SMILES string of the molecule is C[C@@H](COc1ccnc2c1[C@H](C)CCC2)C[C@H]1Cc2ccc(OP(=O)(O)OCCN(C)C)cc2C12CCC(Nc1cccc(Cl)c1)(C(=O)[O-])CC2. The Kier molecular flexibility index (Phi) is 11.4. The van der Waals surface area contributed by atoms with Crippen molar-refractivity contribution >= 4 is 31.1 Å². The number of carboxylic acids is 1. The van der Waals surface area contributed by atoms with Crippen LogP contribution in [0, 0.1) is 11.8 Å². The molecule has 10 nitrogen and oxygen atoms in total. The monoisotopic (exact) mass is 738 g/mol. The van der Waals surface area contributed by atoms with Crippen LogP contribution < -0.4 is 19.7 Å². The van der Waals surface area contributed by atoms with E-state index in [1.54, 1.807) is 24.3 Å². The number of rotatable bonds is 14. The molecule has 0 radical (unpaired) electrons. The lowest BCUT2D eigenvalue weighted by molar-refractivity contribution is -0.313. The van der Waals surface area contributed by atoms with E-state index >= 15 is 0 Å². The molecular formula is C39H50ClN3O7P-. The highest BCUT2D eigenvalue weighted by atomic mass is 35.5. The standard InChI is InChI=1S/C39H51ClN3O7P/c1-26(25-48-35-13-18-41-34-10-5-7-27(2)36(34)35)21-29-22-28-11-12-32(50-51(46,47)49-20-19-43(3)4)24-33(28)38(29)14-16-39(17-15-38,37(44)45)42-31-9-6-8-30(40)23-31/h6,8-9,11-13,18,23-24,26-27,29,42H,5,7,10,14-17,19-22,25H2,1-4H3,(H,44,45)(H,46,47)/p-1/t26-,27-,29+,38?,39?/m1/s1. The topological polar surface area (TPSA) is 133 Å². The van der Waals surface area contributed by atoms with Gasteiger partial charge in [-0.25, -0.2) is 4.57 Å². The summed E-state index contributed by atoms with van der Waals surface area (Å²) in [6.45, 7) is 5.53. The molecule has 1 fully saturated rings. The Morgan fingerprint density at radius 2 is 1.96 bits per heavy atom. The fourth-order valence-corrected chi connectivity index (χ4v) is 9.55. The smallest absolute Gasteiger partial charge is 0.527 e. The van der Waals surface area contributed by atoms with Crippen LogP contribution in [0.4, 0.5) is 5.69 Å². The molecule has 4 atom stereocenters. The third kappa shape index (κ3) is 8.42. The number of nitrogens with zero attached hydrogens (tertiary/aromatic N) is 2. The molecule has 3 aliphatic carbocycles. The third-order valence-electron chi connectivity index (χ3n) is 11.3. The van der Waals surface area contributed by atoms with Crippen molar-refractivity contribution in [1.82, 2.24) is 9.88 Å². The summed E-state index contributed by atoms with van der Waals surface area (Å²) in [4.78, 5) is 29.8. The van der Waals surface area contributed by atoms with E-state index in [1.807, 2.05) is 49.5 Å². The van der Waals surface area contributed by atoms with Gasteiger partial charge in [0.05, 0.1) is 24.7 Å². The van der Waals surface area contributed by atoms with Gasteiger partial charge < -0.3 is 29.4 Å². The second kappa shape index (κ2) is 15.5. The van der Waals surface area contributed by atoms with Crippen molar-refractivity contribution in [1.29, 1.82) is 0 Å². The number of fused-ring (bicyclic) bond motifs is 3. The van der Waals surface area contributed by atoms with Crippen molar-refractivity contribution in [3.63, 3.8) is 0 Å². The molecule has 0 saturated heterocycles. The highest BCUT2D eigenvalue weighted by molar-refractivity contribution is 7.47.